The van der Waals surface area contributed by atoms with E-state index in [1.165, 1.54) is 12.8 Å². The highest BCUT2D eigenvalue weighted by atomic mass is 31.0. The molecular formula is C10H23P. The Hall–Kier alpha value is 0.430. The lowest BCUT2D eigenvalue weighted by atomic mass is 9.86. The van der Waals surface area contributed by atoms with Gasteiger partial charge in [-0.25, -0.2) is 0 Å². The standard InChI is InChI=1S/C10H23P/c1-6-9(4)7-10(5,11)8(2)3/h8-9H,6-7,11H2,1-5H3. The first-order valence-corrected chi connectivity index (χ1v) is 5.26. The normalized spacial score (nSPS) is 19.9. The Bertz CT molecular complexity index is 105. The molecule has 0 rings (SSSR count). The molecule has 11 heavy (non-hydrogen) atoms. The summed E-state index contributed by atoms with van der Waals surface area (Å²) < 4.78 is 0. The van der Waals surface area contributed by atoms with E-state index in [2.05, 4.69) is 43.9 Å². The molecule has 0 aliphatic carbocycles. The molecule has 1 heteroatoms. The minimum atomic E-state index is 0.440. The predicted molar refractivity (Wildman–Crippen MR) is 57.0 cm³/mol. The van der Waals surface area contributed by atoms with Crippen LogP contribution in [0, 0.1) is 11.8 Å². The largest absolute Gasteiger partial charge is 0.131 e. The summed E-state index contributed by atoms with van der Waals surface area (Å²) >= 11 is 0. The van der Waals surface area contributed by atoms with Gasteiger partial charge < -0.3 is 0 Å². The van der Waals surface area contributed by atoms with Crippen LogP contribution >= 0.6 is 9.24 Å². The van der Waals surface area contributed by atoms with Crippen LogP contribution in [0.25, 0.3) is 0 Å². The van der Waals surface area contributed by atoms with Crippen LogP contribution in [0.2, 0.25) is 0 Å². The first kappa shape index (κ1) is 11.4. The quantitative estimate of drug-likeness (QED) is 0.570. The van der Waals surface area contributed by atoms with Crippen molar-refractivity contribution in [1.82, 2.24) is 0 Å². The minimum Gasteiger partial charge on any atom is -0.131 e. The maximum absolute atomic E-state index is 3.00. The van der Waals surface area contributed by atoms with Crippen LogP contribution in [0.5, 0.6) is 0 Å². The van der Waals surface area contributed by atoms with Gasteiger partial charge in [-0.2, -0.15) is 0 Å². The molecule has 3 unspecified atom stereocenters. The van der Waals surface area contributed by atoms with Gasteiger partial charge in [0.05, 0.1) is 0 Å². The second kappa shape index (κ2) is 4.45. The number of hydrogen-bond donors (Lipinski definition) is 0. The molecule has 0 saturated heterocycles. The third-order valence-electron chi connectivity index (χ3n) is 2.80. The van der Waals surface area contributed by atoms with E-state index in [4.69, 9.17) is 0 Å². The Balaban J connectivity index is 3.90. The van der Waals surface area contributed by atoms with E-state index < -0.39 is 0 Å². The fourth-order valence-corrected chi connectivity index (χ4v) is 1.53. The first-order valence-electron chi connectivity index (χ1n) is 4.69. The second-order valence-corrected chi connectivity index (χ2v) is 5.70. The summed E-state index contributed by atoms with van der Waals surface area (Å²) in [6.45, 7) is 11.6. The Morgan fingerprint density at radius 3 is 2.00 bits per heavy atom. The molecule has 68 valence electrons. The Morgan fingerprint density at radius 2 is 1.73 bits per heavy atom. The fraction of sp³-hybridized carbons (Fsp3) is 1.00. The van der Waals surface area contributed by atoms with Crippen LogP contribution in [-0.2, 0) is 0 Å². The fourth-order valence-electron chi connectivity index (χ4n) is 1.13. The van der Waals surface area contributed by atoms with Gasteiger partial charge >= 0.3 is 0 Å². The Morgan fingerprint density at radius 1 is 1.27 bits per heavy atom. The summed E-state index contributed by atoms with van der Waals surface area (Å²) in [5, 5.41) is 0.440. The first-order chi connectivity index (χ1) is 4.90. The van der Waals surface area contributed by atoms with Gasteiger partial charge in [0.25, 0.3) is 0 Å². The molecule has 0 aliphatic rings. The van der Waals surface area contributed by atoms with Crippen molar-refractivity contribution in [1.29, 1.82) is 0 Å². The summed E-state index contributed by atoms with van der Waals surface area (Å²) in [5.74, 6) is 1.63. The van der Waals surface area contributed by atoms with Gasteiger partial charge in [0, 0.05) is 0 Å². The molecule has 0 amide bonds. The zero-order valence-corrected chi connectivity index (χ0v) is 9.80. The maximum atomic E-state index is 3.00. The van der Waals surface area contributed by atoms with Crippen LogP contribution in [0.1, 0.15) is 47.5 Å². The highest BCUT2D eigenvalue weighted by Crippen LogP contribution is 2.34. The third kappa shape index (κ3) is 4.11. The van der Waals surface area contributed by atoms with Gasteiger partial charge in [0.1, 0.15) is 0 Å². The van der Waals surface area contributed by atoms with Gasteiger partial charge in [-0.05, 0) is 23.4 Å². The summed E-state index contributed by atoms with van der Waals surface area (Å²) in [5.41, 5.74) is 0. The van der Waals surface area contributed by atoms with E-state index in [1.807, 2.05) is 0 Å². The average Bonchev–Trinajstić information content (AvgIpc) is 1.86. The molecular weight excluding hydrogens is 151 g/mol. The molecule has 0 saturated carbocycles. The number of rotatable bonds is 4. The summed E-state index contributed by atoms with van der Waals surface area (Å²) in [7, 11) is 3.00. The van der Waals surface area contributed by atoms with Gasteiger partial charge in [-0.3, -0.25) is 0 Å². The highest BCUT2D eigenvalue weighted by Gasteiger charge is 2.23. The van der Waals surface area contributed by atoms with Crippen molar-refractivity contribution in [2.24, 2.45) is 11.8 Å². The van der Waals surface area contributed by atoms with Crippen molar-refractivity contribution in [3.63, 3.8) is 0 Å². The second-order valence-electron chi connectivity index (χ2n) is 4.38. The molecule has 0 nitrogen and oxygen atoms in total. The van der Waals surface area contributed by atoms with Crippen LogP contribution < -0.4 is 0 Å². The molecule has 3 atom stereocenters. The number of hydrogen-bond acceptors (Lipinski definition) is 0. The van der Waals surface area contributed by atoms with E-state index in [9.17, 15) is 0 Å². The van der Waals surface area contributed by atoms with Crippen LogP contribution in [0.4, 0.5) is 0 Å². The van der Waals surface area contributed by atoms with Gasteiger partial charge in [-0.1, -0.05) is 41.0 Å². The maximum Gasteiger partial charge on any atom is -0.0153 e. The van der Waals surface area contributed by atoms with Crippen LogP contribution in [0.15, 0.2) is 0 Å². The van der Waals surface area contributed by atoms with Crippen LogP contribution in [0.3, 0.4) is 0 Å². The highest BCUT2D eigenvalue weighted by molar-refractivity contribution is 7.18. The van der Waals surface area contributed by atoms with Gasteiger partial charge in [0.2, 0.25) is 0 Å². The van der Waals surface area contributed by atoms with E-state index in [0.29, 0.717) is 5.16 Å². The third-order valence-corrected chi connectivity index (χ3v) is 3.71. The lowest BCUT2D eigenvalue weighted by Crippen LogP contribution is -2.25. The van der Waals surface area contributed by atoms with Gasteiger partial charge in [0.15, 0.2) is 0 Å². The monoisotopic (exact) mass is 174 g/mol. The molecule has 0 N–H and O–H groups in total. The van der Waals surface area contributed by atoms with Crippen molar-refractivity contribution >= 4 is 9.24 Å². The molecule has 0 aromatic carbocycles. The zero-order chi connectivity index (χ0) is 9.07. The van der Waals surface area contributed by atoms with E-state index in [1.54, 1.807) is 0 Å². The summed E-state index contributed by atoms with van der Waals surface area (Å²) in [6, 6.07) is 0. The molecule has 0 bridgehead atoms. The molecule has 0 aromatic rings. The molecule has 0 aromatic heterocycles. The lowest BCUT2D eigenvalue weighted by Gasteiger charge is -2.31. The zero-order valence-electron chi connectivity index (χ0n) is 8.65. The summed E-state index contributed by atoms with van der Waals surface area (Å²) in [4.78, 5) is 0. The molecule has 0 radical (unpaired) electrons. The van der Waals surface area contributed by atoms with Crippen LogP contribution in [-0.4, -0.2) is 5.16 Å². The van der Waals surface area contributed by atoms with Crippen molar-refractivity contribution < 1.29 is 0 Å². The van der Waals surface area contributed by atoms with Crippen molar-refractivity contribution in [2.75, 3.05) is 0 Å². The minimum absolute atomic E-state index is 0.440. The smallest absolute Gasteiger partial charge is 0.0153 e. The molecule has 0 fully saturated rings. The summed E-state index contributed by atoms with van der Waals surface area (Å²) in [6.07, 6.45) is 2.63. The van der Waals surface area contributed by atoms with Crippen molar-refractivity contribution in [3.8, 4) is 0 Å². The van der Waals surface area contributed by atoms with E-state index in [0.717, 1.165) is 11.8 Å². The van der Waals surface area contributed by atoms with E-state index in [-0.39, 0.29) is 0 Å². The van der Waals surface area contributed by atoms with Crippen molar-refractivity contribution in [2.45, 2.75) is 52.6 Å². The molecule has 0 aliphatic heterocycles. The topological polar surface area (TPSA) is 0 Å². The SMILES string of the molecule is CCC(C)CC(C)(P)C(C)C. The molecule has 0 heterocycles. The predicted octanol–water partition coefficient (Wildman–Crippen LogP) is 3.71. The molecule has 0 spiro atoms. The average molecular weight is 174 g/mol. The Labute approximate surface area is 74.4 Å². The van der Waals surface area contributed by atoms with E-state index >= 15 is 0 Å². The lowest BCUT2D eigenvalue weighted by molar-refractivity contribution is 0.363. The van der Waals surface area contributed by atoms with Gasteiger partial charge in [-0.15, -0.1) is 9.24 Å². The van der Waals surface area contributed by atoms with Crippen molar-refractivity contribution in [3.05, 3.63) is 0 Å². The Kier molecular flexibility index (Phi) is 4.63.